The highest BCUT2D eigenvalue weighted by Gasteiger charge is 2.18. The van der Waals surface area contributed by atoms with Crippen LogP contribution in [0, 0.1) is 0 Å². The average Bonchev–Trinajstić information content (AvgIpc) is 3.13. The molecule has 4 rings (SSSR count). The van der Waals surface area contributed by atoms with Gasteiger partial charge in [0.05, 0.1) is 23.3 Å². The van der Waals surface area contributed by atoms with Crippen molar-refractivity contribution in [1.82, 2.24) is 9.55 Å². The summed E-state index contributed by atoms with van der Waals surface area (Å²) < 4.78 is 7.61. The van der Waals surface area contributed by atoms with E-state index >= 15 is 0 Å². The summed E-state index contributed by atoms with van der Waals surface area (Å²) in [6.07, 6.45) is 0. The fourth-order valence-electron chi connectivity index (χ4n) is 3.76. The van der Waals surface area contributed by atoms with Gasteiger partial charge in [0.2, 0.25) is 5.91 Å². The van der Waals surface area contributed by atoms with E-state index < -0.39 is 0 Å². The number of benzene rings is 3. The molecule has 0 saturated heterocycles. The van der Waals surface area contributed by atoms with Gasteiger partial charge in [-0.05, 0) is 42.2 Å². The minimum atomic E-state index is -0.132. The van der Waals surface area contributed by atoms with Crippen molar-refractivity contribution < 1.29 is 9.53 Å². The Labute approximate surface area is 189 Å². The number of anilines is 1. The van der Waals surface area contributed by atoms with Crippen LogP contribution in [-0.2, 0) is 16.8 Å². The molecule has 0 bridgehead atoms. The zero-order valence-electron chi connectivity index (χ0n) is 19.1. The number of ether oxygens (including phenoxy) is 1. The molecule has 3 aromatic carbocycles. The molecule has 1 aromatic heterocycles. The highest BCUT2D eigenvalue weighted by molar-refractivity contribution is 5.94. The van der Waals surface area contributed by atoms with Gasteiger partial charge in [0, 0.05) is 5.56 Å². The number of aromatic nitrogens is 2. The van der Waals surface area contributed by atoms with E-state index in [1.807, 2.05) is 60.0 Å². The maximum absolute atomic E-state index is 13.0. The van der Waals surface area contributed by atoms with Gasteiger partial charge in [-0.1, -0.05) is 69.3 Å². The number of carbonyl (C=O) groups is 1. The predicted octanol–water partition coefficient (Wildman–Crippen LogP) is 6.04. The first kappa shape index (κ1) is 21.6. The molecule has 5 nitrogen and oxygen atoms in total. The number of carbonyl (C=O) groups excluding carboxylic acids is 1. The SMILES string of the molecule is CCOc1ccccc1NC(=O)Cn1c(-c2ccc(C(C)(C)C)cc2)nc2ccccc21. The smallest absolute Gasteiger partial charge is 0.244 e. The number of rotatable bonds is 6. The van der Waals surface area contributed by atoms with E-state index in [4.69, 9.17) is 9.72 Å². The first-order valence-corrected chi connectivity index (χ1v) is 10.9. The molecule has 1 amide bonds. The van der Waals surface area contributed by atoms with Crippen LogP contribution in [0.1, 0.15) is 33.3 Å². The van der Waals surface area contributed by atoms with E-state index in [-0.39, 0.29) is 17.9 Å². The van der Waals surface area contributed by atoms with Crippen molar-refractivity contribution in [2.45, 2.75) is 39.7 Å². The Hall–Kier alpha value is -3.60. The van der Waals surface area contributed by atoms with Gasteiger partial charge in [-0.2, -0.15) is 0 Å². The molecule has 0 spiro atoms. The fraction of sp³-hybridized carbons (Fsp3) is 0.259. The lowest BCUT2D eigenvalue weighted by Crippen LogP contribution is -2.20. The third-order valence-corrected chi connectivity index (χ3v) is 5.43. The number of nitrogens with one attached hydrogen (secondary N) is 1. The van der Waals surface area contributed by atoms with Gasteiger partial charge in [-0.3, -0.25) is 4.79 Å². The standard InChI is InChI=1S/C27H29N3O2/c1-5-32-24-13-9-7-11-22(24)28-25(31)18-30-23-12-8-6-10-21(23)29-26(30)19-14-16-20(17-15-19)27(2,3)4/h6-17H,5,18H2,1-4H3,(H,28,31). The van der Waals surface area contributed by atoms with E-state index in [9.17, 15) is 4.79 Å². The number of hydrogen-bond donors (Lipinski definition) is 1. The van der Waals surface area contributed by atoms with Gasteiger partial charge in [-0.25, -0.2) is 4.98 Å². The van der Waals surface area contributed by atoms with E-state index in [1.54, 1.807) is 0 Å². The molecule has 1 N–H and O–H groups in total. The second-order valence-corrected chi connectivity index (χ2v) is 8.81. The third kappa shape index (κ3) is 4.52. The van der Waals surface area contributed by atoms with Crippen LogP contribution in [0.4, 0.5) is 5.69 Å². The van der Waals surface area contributed by atoms with E-state index in [0.717, 1.165) is 22.4 Å². The minimum absolute atomic E-state index is 0.0759. The van der Waals surface area contributed by atoms with Crippen LogP contribution in [0.15, 0.2) is 72.8 Å². The van der Waals surface area contributed by atoms with Crippen molar-refractivity contribution in [3.8, 4) is 17.1 Å². The zero-order valence-corrected chi connectivity index (χ0v) is 19.1. The van der Waals surface area contributed by atoms with Crippen LogP contribution in [0.3, 0.4) is 0 Å². The maximum atomic E-state index is 13.0. The lowest BCUT2D eigenvalue weighted by molar-refractivity contribution is -0.116. The normalized spacial score (nSPS) is 11.5. The highest BCUT2D eigenvalue weighted by Crippen LogP contribution is 2.29. The molecule has 5 heteroatoms. The van der Waals surface area contributed by atoms with Gasteiger partial charge in [0.1, 0.15) is 18.1 Å². The Morgan fingerprint density at radius 2 is 1.66 bits per heavy atom. The van der Waals surface area contributed by atoms with Gasteiger partial charge in [0.15, 0.2) is 0 Å². The average molecular weight is 428 g/mol. The van der Waals surface area contributed by atoms with E-state index in [0.29, 0.717) is 18.0 Å². The molecule has 0 atom stereocenters. The van der Waals surface area contributed by atoms with Gasteiger partial charge >= 0.3 is 0 Å². The Morgan fingerprint density at radius 3 is 2.38 bits per heavy atom. The van der Waals surface area contributed by atoms with Crippen molar-refractivity contribution in [2.24, 2.45) is 0 Å². The van der Waals surface area contributed by atoms with E-state index in [1.165, 1.54) is 5.56 Å². The summed E-state index contributed by atoms with van der Waals surface area (Å²) in [6.45, 7) is 9.20. The molecule has 0 fully saturated rings. The van der Waals surface area contributed by atoms with Gasteiger partial charge in [-0.15, -0.1) is 0 Å². The summed E-state index contributed by atoms with van der Waals surface area (Å²) in [6, 6.07) is 23.8. The fourth-order valence-corrected chi connectivity index (χ4v) is 3.76. The number of imidazole rings is 1. The molecule has 0 unspecified atom stereocenters. The Balaban J connectivity index is 1.67. The van der Waals surface area contributed by atoms with Crippen LogP contribution < -0.4 is 10.1 Å². The summed E-state index contributed by atoms with van der Waals surface area (Å²) in [5, 5.41) is 2.99. The molecule has 0 aliphatic heterocycles. The number of amides is 1. The summed E-state index contributed by atoms with van der Waals surface area (Å²) >= 11 is 0. The summed E-state index contributed by atoms with van der Waals surface area (Å²) in [7, 11) is 0. The molecular formula is C27H29N3O2. The van der Waals surface area contributed by atoms with Crippen molar-refractivity contribution in [2.75, 3.05) is 11.9 Å². The van der Waals surface area contributed by atoms with Crippen LogP contribution in [0.5, 0.6) is 5.75 Å². The number of nitrogens with zero attached hydrogens (tertiary/aromatic N) is 2. The lowest BCUT2D eigenvalue weighted by Gasteiger charge is -2.19. The Morgan fingerprint density at radius 1 is 0.969 bits per heavy atom. The van der Waals surface area contributed by atoms with Crippen LogP contribution in [0.2, 0.25) is 0 Å². The van der Waals surface area contributed by atoms with Crippen molar-refractivity contribution in [1.29, 1.82) is 0 Å². The summed E-state index contributed by atoms with van der Waals surface area (Å²) in [5.74, 6) is 1.31. The third-order valence-electron chi connectivity index (χ3n) is 5.43. The quantitative estimate of drug-likeness (QED) is 0.408. The monoisotopic (exact) mass is 427 g/mol. The summed E-state index contributed by atoms with van der Waals surface area (Å²) in [4.78, 5) is 17.9. The van der Waals surface area contributed by atoms with Crippen molar-refractivity contribution in [3.63, 3.8) is 0 Å². The molecule has 32 heavy (non-hydrogen) atoms. The molecule has 0 aliphatic rings. The first-order valence-electron chi connectivity index (χ1n) is 10.9. The topological polar surface area (TPSA) is 56.1 Å². The van der Waals surface area contributed by atoms with Crippen molar-refractivity contribution in [3.05, 3.63) is 78.4 Å². The lowest BCUT2D eigenvalue weighted by atomic mass is 9.87. The molecule has 0 radical (unpaired) electrons. The number of hydrogen-bond acceptors (Lipinski definition) is 3. The molecule has 0 aliphatic carbocycles. The van der Waals surface area contributed by atoms with E-state index in [2.05, 4.69) is 50.4 Å². The Kier molecular flexibility index (Phi) is 5.99. The molecule has 164 valence electrons. The largest absolute Gasteiger partial charge is 0.492 e. The zero-order chi connectivity index (χ0) is 22.7. The second kappa shape index (κ2) is 8.87. The number of para-hydroxylation sites is 4. The van der Waals surface area contributed by atoms with Crippen LogP contribution >= 0.6 is 0 Å². The molecule has 1 heterocycles. The second-order valence-electron chi connectivity index (χ2n) is 8.81. The molecular weight excluding hydrogens is 398 g/mol. The predicted molar refractivity (Wildman–Crippen MR) is 130 cm³/mol. The molecule has 0 saturated carbocycles. The van der Waals surface area contributed by atoms with Crippen molar-refractivity contribution >= 4 is 22.6 Å². The summed E-state index contributed by atoms with van der Waals surface area (Å²) in [5.41, 5.74) is 4.78. The molecule has 4 aromatic rings. The van der Waals surface area contributed by atoms with Crippen LogP contribution in [0.25, 0.3) is 22.4 Å². The first-order chi connectivity index (χ1) is 15.4. The maximum Gasteiger partial charge on any atom is 0.244 e. The number of fused-ring (bicyclic) bond motifs is 1. The Bertz CT molecular complexity index is 1230. The van der Waals surface area contributed by atoms with Gasteiger partial charge < -0.3 is 14.6 Å². The van der Waals surface area contributed by atoms with Crippen LogP contribution in [-0.4, -0.2) is 22.1 Å². The highest BCUT2D eigenvalue weighted by atomic mass is 16.5. The minimum Gasteiger partial charge on any atom is -0.492 e. The van der Waals surface area contributed by atoms with Gasteiger partial charge in [0.25, 0.3) is 0 Å².